The zero-order chi connectivity index (χ0) is 19.3. The number of rotatable bonds is 7. The van der Waals surface area contributed by atoms with E-state index in [1.807, 2.05) is 0 Å². The molecule has 3 aliphatic rings. The molecule has 0 aromatic heterocycles. The molecule has 2 fully saturated rings. The van der Waals surface area contributed by atoms with Gasteiger partial charge in [0.15, 0.2) is 0 Å². The van der Waals surface area contributed by atoms with E-state index in [2.05, 4.69) is 32.0 Å². The molecule has 0 N–H and O–H groups in total. The Morgan fingerprint density at radius 1 is 0.893 bits per heavy atom. The maximum absolute atomic E-state index is 5.94. The quantitative estimate of drug-likeness (QED) is 0.445. The van der Waals surface area contributed by atoms with Crippen LogP contribution in [0.15, 0.2) is 18.2 Å². The Bertz CT molecular complexity index is 621. The highest BCUT2D eigenvalue weighted by molar-refractivity contribution is 5.36. The van der Waals surface area contributed by atoms with Crippen LogP contribution in [0, 0.1) is 17.8 Å². The lowest BCUT2D eigenvalue weighted by Gasteiger charge is -2.42. The molecule has 4 rings (SSSR count). The Morgan fingerprint density at radius 3 is 2.61 bits per heavy atom. The van der Waals surface area contributed by atoms with Crippen LogP contribution in [0.4, 0.5) is 0 Å². The maximum atomic E-state index is 5.94. The van der Waals surface area contributed by atoms with Gasteiger partial charge >= 0.3 is 0 Å². The van der Waals surface area contributed by atoms with Crippen molar-refractivity contribution >= 4 is 0 Å². The van der Waals surface area contributed by atoms with E-state index < -0.39 is 0 Å². The SMILES string of the molecule is CCCCCC1CCc2cc(C3CCC4CC(OCC)CCC4C3)ccc2C1. The van der Waals surface area contributed by atoms with E-state index >= 15 is 0 Å². The lowest BCUT2D eigenvalue weighted by Crippen LogP contribution is -2.33. The molecule has 28 heavy (non-hydrogen) atoms. The fourth-order valence-electron chi connectivity index (χ4n) is 6.57. The number of fused-ring (bicyclic) bond motifs is 2. The van der Waals surface area contributed by atoms with Crippen molar-refractivity contribution < 1.29 is 4.74 Å². The Kier molecular flexibility index (Phi) is 7.15. The Labute approximate surface area is 173 Å². The highest BCUT2D eigenvalue weighted by atomic mass is 16.5. The van der Waals surface area contributed by atoms with Crippen LogP contribution in [0.5, 0.6) is 0 Å². The van der Waals surface area contributed by atoms with Crippen LogP contribution >= 0.6 is 0 Å². The van der Waals surface area contributed by atoms with Gasteiger partial charge in [-0.25, -0.2) is 0 Å². The fraction of sp³-hybridized carbons (Fsp3) is 0.778. The fourth-order valence-corrected chi connectivity index (χ4v) is 6.57. The first-order valence-electron chi connectivity index (χ1n) is 12.5. The summed E-state index contributed by atoms with van der Waals surface area (Å²) in [5, 5.41) is 0. The summed E-state index contributed by atoms with van der Waals surface area (Å²) in [6, 6.07) is 7.63. The monoisotopic (exact) mass is 382 g/mol. The third-order valence-electron chi connectivity index (χ3n) is 8.22. The Morgan fingerprint density at radius 2 is 1.75 bits per heavy atom. The highest BCUT2D eigenvalue weighted by Gasteiger charge is 2.36. The van der Waals surface area contributed by atoms with Crippen molar-refractivity contribution in [3.05, 3.63) is 34.9 Å². The minimum Gasteiger partial charge on any atom is -0.378 e. The molecular weight excluding hydrogens is 340 g/mol. The molecule has 0 heterocycles. The van der Waals surface area contributed by atoms with Gasteiger partial charge in [0.2, 0.25) is 0 Å². The smallest absolute Gasteiger partial charge is 0.0577 e. The van der Waals surface area contributed by atoms with E-state index in [1.54, 1.807) is 16.7 Å². The van der Waals surface area contributed by atoms with Crippen molar-refractivity contribution in [1.29, 1.82) is 0 Å². The second kappa shape index (κ2) is 9.79. The average Bonchev–Trinajstić information content (AvgIpc) is 2.73. The van der Waals surface area contributed by atoms with Crippen molar-refractivity contribution in [2.24, 2.45) is 17.8 Å². The molecule has 0 aliphatic heterocycles. The third kappa shape index (κ3) is 4.84. The van der Waals surface area contributed by atoms with Gasteiger partial charge in [-0.05, 0) is 105 Å². The lowest BCUT2D eigenvalue weighted by atomic mass is 9.65. The van der Waals surface area contributed by atoms with Crippen LogP contribution in [0.2, 0.25) is 0 Å². The first-order chi connectivity index (χ1) is 13.8. The largest absolute Gasteiger partial charge is 0.378 e. The number of hydrogen-bond acceptors (Lipinski definition) is 1. The van der Waals surface area contributed by atoms with Crippen LogP contribution in [-0.4, -0.2) is 12.7 Å². The molecule has 2 saturated carbocycles. The zero-order valence-corrected chi connectivity index (χ0v) is 18.4. The molecule has 1 aromatic rings. The molecular formula is C27H42O. The van der Waals surface area contributed by atoms with Gasteiger partial charge in [0.1, 0.15) is 0 Å². The number of benzene rings is 1. The molecule has 1 heteroatoms. The summed E-state index contributed by atoms with van der Waals surface area (Å²) in [5.74, 6) is 3.65. The van der Waals surface area contributed by atoms with Crippen LogP contribution in [0.25, 0.3) is 0 Å². The van der Waals surface area contributed by atoms with Crippen molar-refractivity contribution in [2.45, 2.75) is 109 Å². The summed E-state index contributed by atoms with van der Waals surface area (Å²) in [6.45, 7) is 5.35. The van der Waals surface area contributed by atoms with Crippen molar-refractivity contribution in [3.8, 4) is 0 Å². The van der Waals surface area contributed by atoms with Gasteiger partial charge in [0.25, 0.3) is 0 Å². The van der Waals surface area contributed by atoms with E-state index in [0.29, 0.717) is 6.10 Å². The lowest BCUT2D eigenvalue weighted by molar-refractivity contribution is -0.00955. The standard InChI is InChI=1S/C27H42O/c1-3-5-6-7-20-8-9-22-17-23(11-10-21(22)16-20)24-12-13-26-19-27(28-4-2)15-14-25(26)18-24/h10-11,17,20,24-27H,3-9,12-16,18-19H2,1-2H3. The average molecular weight is 383 g/mol. The van der Waals surface area contributed by atoms with Gasteiger partial charge in [-0.15, -0.1) is 0 Å². The van der Waals surface area contributed by atoms with Gasteiger partial charge in [-0.3, -0.25) is 0 Å². The highest BCUT2D eigenvalue weighted by Crippen LogP contribution is 2.47. The molecule has 0 radical (unpaired) electrons. The van der Waals surface area contributed by atoms with Crippen molar-refractivity contribution in [2.75, 3.05) is 6.61 Å². The molecule has 5 atom stereocenters. The van der Waals surface area contributed by atoms with E-state index in [-0.39, 0.29) is 0 Å². The van der Waals surface area contributed by atoms with Gasteiger partial charge in [0.05, 0.1) is 6.10 Å². The molecule has 156 valence electrons. The predicted molar refractivity (Wildman–Crippen MR) is 119 cm³/mol. The number of aryl methyl sites for hydroxylation is 1. The third-order valence-corrected chi connectivity index (χ3v) is 8.22. The van der Waals surface area contributed by atoms with Crippen LogP contribution in [0.3, 0.4) is 0 Å². The number of ether oxygens (including phenoxy) is 1. The van der Waals surface area contributed by atoms with Gasteiger partial charge in [0, 0.05) is 6.61 Å². The summed E-state index contributed by atoms with van der Waals surface area (Å²) in [6.07, 6.45) is 18.6. The zero-order valence-electron chi connectivity index (χ0n) is 18.4. The van der Waals surface area contributed by atoms with Gasteiger partial charge in [-0.2, -0.15) is 0 Å². The maximum Gasteiger partial charge on any atom is 0.0577 e. The number of unbranched alkanes of at least 4 members (excludes halogenated alkanes) is 2. The first kappa shape index (κ1) is 20.5. The molecule has 0 saturated heterocycles. The van der Waals surface area contributed by atoms with E-state index in [0.717, 1.165) is 30.3 Å². The van der Waals surface area contributed by atoms with Crippen molar-refractivity contribution in [3.63, 3.8) is 0 Å². The van der Waals surface area contributed by atoms with E-state index in [1.165, 1.54) is 83.5 Å². The molecule has 0 spiro atoms. The van der Waals surface area contributed by atoms with E-state index in [4.69, 9.17) is 4.74 Å². The summed E-state index contributed by atoms with van der Waals surface area (Å²) in [5.41, 5.74) is 5.02. The number of hydrogen-bond donors (Lipinski definition) is 0. The minimum absolute atomic E-state index is 0.553. The molecule has 1 aromatic carbocycles. The second-order valence-corrected chi connectivity index (χ2v) is 10.1. The molecule has 1 nitrogen and oxygen atoms in total. The summed E-state index contributed by atoms with van der Waals surface area (Å²) < 4.78 is 5.94. The summed E-state index contributed by atoms with van der Waals surface area (Å²) in [7, 11) is 0. The Hall–Kier alpha value is -0.820. The van der Waals surface area contributed by atoms with Crippen LogP contribution in [0.1, 0.15) is 107 Å². The summed E-state index contributed by atoms with van der Waals surface area (Å²) in [4.78, 5) is 0. The first-order valence-corrected chi connectivity index (χ1v) is 12.5. The van der Waals surface area contributed by atoms with Crippen molar-refractivity contribution in [1.82, 2.24) is 0 Å². The second-order valence-electron chi connectivity index (χ2n) is 10.1. The predicted octanol–water partition coefficient (Wildman–Crippen LogP) is 7.46. The molecule has 0 amide bonds. The van der Waals surface area contributed by atoms with Crippen LogP contribution in [-0.2, 0) is 17.6 Å². The molecule has 0 bridgehead atoms. The van der Waals surface area contributed by atoms with E-state index in [9.17, 15) is 0 Å². The molecule has 5 unspecified atom stereocenters. The Balaban J connectivity index is 1.34. The minimum atomic E-state index is 0.553. The topological polar surface area (TPSA) is 9.23 Å². The van der Waals surface area contributed by atoms with Crippen LogP contribution < -0.4 is 0 Å². The van der Waals surface area contributed by atoms with Gasteiger partial charge in [-0.1, -0.05) is 50.8 Å². The molecule has 3 aliphatic carbocycles. The summed E-state index contributed by atoms with van der Waals surface area (Å²) >= 11 is 0. The normalized spacial score (nSPS) is 32.6. The van der Waals surface area contributed by atoms with Gasteiger partial charge < -0.3 is 4.74 Å².